The van der Waals surface area contributed by atoms with Crippen molar-refractivity contribution in [3.05, 3.63) is 29.8 Å². The Balaban J connectivity index is 2.39. The summed E-state index contributed by atoms with van der Waals surface area (Å²) in [6.07, 6.45) is 2.19. The Morgan fingerprint density at radius 3 is 2.56 bits per heavy atom. The minimum Gasteiger partial charge on any atom is -0.372 e. The van der Waals surface area contributed by atoms with Crippen LogP contribution in [0.15, 0.2) is 40.0 Å². The second-order valence-corrected chi connectivity index (χ2v) is 8.02. The molecular weight excluding hydrogens is 358 g/mol. The van der Waals surface area contributed by atoms with Crippen LogP contribution in [0.2, 0.25) is 0 Å². The van der Waals surface area contributed by atoms with Crippen molar-refractivity contribution in [1.82, 2.24) is 4.98 Å². The lowest BCUT2D eigenvalue weighted by molar-refractivity contribution is 0.600. The number of rotatable bonds is 9. The first-order chi connectivity index (χ1) is 12.0. The molecule has 0 radical (unpaired) electrons. The SMILES string of the molecule is CCCS(=O)(=O)Nc1cc(N(CC)CC)ccc1N=Nc1nccs1. The van der Waals surface area contributed by atoms with Crippen LogP contribution in [0.1, 0.15) is 27.2 Å². The first-order valence-electron chi connectivity index (χ1n) is 8.19. The van der Waals surface area contributed by atoms with Gasteiger partial charge in [0.25, 0.3) is 0 Å². The first kappa shape index (κ1) is 19.3. The van der Waals surface area contributed by atoms with E-state index in [1.165, 1.54) is 11.3 Å². The van der Waals surface area contributed by atoms with Gasteiger partial charge in [0.2, 0.25) is 15.2 Å². The van der Waals surface area contributed by atoms with Crippen LogP contribution in [-0.4, -0.2) is 32.2 Å². The Bertz CT molecular complexity index is 800. The number of anilines is 2. The Labute approximate surface area is 152 Å². The lowest BCUT2D eigenvalue weighted by atomic mass is 10.2. The van der Waals surface area contributed by atoms with Crippen LogP contribution in [0.4, 0.5) is 22.2 Å². The molecule has 2 rings (SSSR count). The average Bonchev–Trinajstić information content (AvgIpc) is 3.08. The largest absolute Gasteiger partial charge is 0.372 e. The summed E-state index contributed by atoms with van der Waals surface area (Å²) in [6, 6.07) is 5.49. The van der Waals surface area contributed by atoms with Gasteiger partial charge in [0, 0.05) is 30.4 Å². The topological polar surface area (TPSA) is 87.0 Å². The van der Waals surface area contributed by atoms with E-state index in [0.29, 0.717) is 22.9 Å². The van der Waals surface area contributed by atoms with E-state index in [2.05, 4.69) is 38.7 Å². The molecule has 0 saturated heterocycles. The van der Waals surface area contributed by atoms with E-state index in [9.17, 15) is 8.42 Å². The Hall–Kier alpha value is -2.00. The lowest BCUT2D eigenvalue weighted by Gasteiger charge is -2.22. The fourth-order valence-electron chi connectivity index (χ4n) is 2.33. The number of hydrogen-bond acceptors (Lipinski definition) is 7. The summed E-state index contributed by atoms with van der Waals surface area (Å²) in [7, 11) is -3.42. The molecule has 0 unspecified atom stereocenters. The predicted molar refractivity (Wildman–Crippen MR) is 104 cm³/mol. The van der Waals surface area contributed by atoms with Gasteiger partial charge in [-0.05, 0) is 38.5 Å². The third-order valence-corrected chi connectivity index (χ3v) is 5.64. The Morgan fingerprint density at radius 1 is 1.20 bits per heavy atom. The second kappa shape index (κ2) is 8.91. The minimum atomic E-state index is -3.42. The Kier molecular flexibility index (Phi) is 6.89. The second-order valence-electron chi connectivity index (χ2n) is 5.31. The normalized spacial score (nSPS) is 11.8. The highest BCUT2D eigenvalue weighted by Crippen LogP contribution is 2.32. The van der Waals surface area contributed by atoms with Gasteiger partial charge in [-0.2, -0.15) is 0 Å². The van der Waals surface area contributed by atoms with Crippen molar-refractivity contribution in [2.75, 3.05) is 28.5 Å². The van der Waals surface area contributed by atoms with Gasteiger partial charge in [0.1, 0.15) is 5.69 Å². The molecule has 9 heteroatoms. The summed E-state index contributed by atoms with van der Waals surface area (Å²) < 4.78 is 27.0. The fourth-order valence-corrected chi connectivity index (χ4v) is 3.92. The van der Waals surface area contributed by atoms with Crippen LogP contribution in [0.25, 0.3) is 0 Å². The van der Waals surface area contributed by atoms with Crippen LogP contribution in [0, 0.1) is 0 Å². The molecule has 2 aromatic rings. The highest BCUT2D eigenvalue weighted by atomic mass is 32.2. The third-order valence-electron chi connectivity index (χ3n) is 3.51. The summed E-state index contributed by atoms with van der Waals surface area (Å²) in [5.74, 6) is 0.0611. The standard InChI is InChI=1S/C16H23N5O2S2/c1-4-11-25(22,23)20-15-12-13(21(5-2)6-3)7-8-14(15)18-19-16-17-9-10-24-16/h7-10,12,20H,4-6,11H2,1-3H3. The zero-order valence-electron chi connectivity index (χ0n) is 14.6. The van der Waals surface area contributed by atoms with Crippen molar-refractivity contribution in [3.8, 4) is 0 Å². The molecule has 0 spiro atoms. The summed E-state index contributed by atoms with van der Waals surface area (Å²) in [4.78, 5) is 6.19. The molecule has 1 aromatic heterocycles. The van der Waals surface area contributed by atoms with E-state index < -0.39 is 10.0 Å². The van der Waals surface area contributed by atoms with E-state index in [-0.39, 0.29) is 5.75 Å². The summed E-state index contributed by atoms with van der Waals surface area (Å²) in [5, 5.41) is 10.6. The van der Waals surface area contributed by atoms with E-state index in [1.807, 2.05) is 18.4 Å². The number of azo groups is 1. The number of aromatic nitrogens is 1. The Morgan fingerprint density at radius 2 is 1.96 bits per heavy atom. The van der Waals surface area contributed by atoms with Gasteiger partial charge >= 0.3 is 0 Å². The molecule has 25 heavy (non-hydrogen) atoms. The molecule has 0 amide bonds. The van der Waals surface area contributed by atoms with E-state index in [4.69, 9.17) is 0 Å². The van der Waals surface area contributed by atoms with Crippen LogP contribution in [0.3, 0.4) is 0 Å². The van der Waals surface area contributed by atoms with E-state index >= 15 is 0 Å². The number of benzene rings is 1. The number of thiazole rings is 1. The van der Waals surface area contributed by atoms with E-state index in [0.717, 1.165) is 18.8 Å². The molecular formula is C16H23N5O2S2. The van der Waals surface area contributed by atoms with Gasteiger partial charge in [-0.15, -0.1) is 21.6 Å². The molecule has 136 valence electrons. The molecule has 0 aliphatic rings. The van der Waals surface area contributed by atoms with Gasteiger partial charge in [-0.25, -0.2) is 13.4 Å². The minimum absolute atomic E-state index is 0.0611. The highest BCUT2D eigenvalue weighted by Gasteiger charge is 2.14. The molecule has 0 fully saturated rings. The average molecular weight is 382 g/mol. The maximum atomic E-state index is 12.2. The molecule has 0 saturated carbocycles. The number of nitrogens with zero attached hydrogens (tertiary/aromatic N) is 4. The molecule has 1 aromatic carbocycles. The van der Waals surface area contributed by atoms with Crippen LogP contribution in [-0.2, 0) is 10.0 Å². The quantitative estimate of drug-likeness (QED) is 0.645. The molecule has 0 aliphatic carbocycles. The van der Waals surface area contributed by atoms with Gasteiger partial charge in [-0.3, -0.25) is 4.72 Å². The molecule has 0 bridgehead atoms. The van der Waals surface area contributed by atoms with Crippen molar-refractivity contribution < 1.29 is 8.42 Å². The maximum absolute atomic E-state index is 12.2. The van der Waals surface area contributed by atoms with Gasteiger partial charge < -0.3 is 4.90 Å². The van der Waals surface area contributed by atoms with Gasteiger partial charge in [-0.1, -0.05) is 6.92 Å². The molecule has 0 aliphatic heterocycles. The lowest BCUT2D eigenvalue weighted by Crippen LogP contribution is -2.22. The zero-order valence-corrected chi connectivity index (χ0v) is 16.3. The number of hydrogen-bond donors (Lipinski definition) is 1. The molecule has 0 atom stereocenters. The maximum Gasteiger partial charge on any atom is 0.232 e. The van der Waals surface area contributed by atoms with Crippen LogP contribution < -0.4 is 9.62 Å². The molecule has 1 heterocycles. The van der Waals surface area contributed by atoms with Gasteiger partial charge in [0.15, 0.2) is 0 Å². The first-order valence-corrected chi connectivity index (χ1v) is 10.7. The predicted octanol–water partition coefficient (Wildman–Crippen LogP) is 4.56. The number of sulfonamides is 1. The summed E-state index contributed by atoms with van der Waals surface area (Å²) in [5.41, 5.74) is 1.83. The summed E-state index contributed by atoms with van der Waals surface area (Å²) in [6.45, 7) is 7.60. The summed E-state index contributed by atoms with van der Waals surface area (Å²) >= 11 is 1.37. The van der Waals surface area contributed by atoms with Crippen LogP contribution in [0.5, 0.6) is 0 Å². The third kappa shape index (κ3) is 5.50. The highest BCUT2D eigenvalue weighted by molar-refractivity contribution is 7.92. The fraction of sp³-hybridized carbons (Fsp3) is 0.438. The van der Waals surface area contributed by atoms with Gasteiger partial charge in [0.05, 0.1) is 11.4 Å². The van der Waals surface area contributed by atoms with Crippen molar-refractivity contribution in [2.45, 2.75) is 27.2 Å². The van der Waals surface area contributed by atoms with Crippen molar-refractivity contribution >= 4 is 43.6 Å². The molecule has 1 N–H and O–H groups in total. The zero-order chi connectivity index (χ0) is 18.3. The monoisotopic (exact) mass is 381 g/mol. The smallest absolute Gasteiger partial charge is 0.232 e. The molecule has 7 nitrogen and oxygen atoms in total. The van der Waals surface area contributed by atoms with E-state index in [1.54, 1.807) is 18.3 Å². The van der Waals surface area contributed by atoms with Crippen LogP contribution >= 0.6 is 11.3 Å². The van der Waals surface area contributed by atoms with Crippen molar-refractivity contribution in [2.24, 2.45) is 10.2 Å². The van der Waals surface area contributed by atoms with Crippen molar-refractivity contribution in [3.63, 3.8) is 0 Å². The number of nitrogens with one attached hydrogen (secondary N) is 1. The van der Waals surface area contributed by atoms with Crippen molar-refractivity contribution in [1.29, 1.82) is 0 Å².